The molecule has 0 unspecified atom stereocenters. The number of halogens is 1. The fourth-order valence-corrected chi connectivity index (χ4v) is 1.63. The number of anilines is 1. The van der Waals surface area contributed by atoms with Gasteiger partial charge in [-0.25, -0.2) is 0 Å². The SMILES string of the molecule is CNc1cc(C(C)(C)C)ccc1Br. The van der Waals surface area contributed by atoms with Crippen molar-refractivity contribution in [3.63, 3.8) is 0 Å². The van der Waals surface area contributed by atoms with Crippen LogP contribution < -0.4 is 5.32 Å². The zero-order valence-corrected chi connectivity index (χ0v) is 10.2. The lowest BCUT2D eigenvalue weighted by Gasteiger charge is -2.20. The van der Waals surface area contributed by atoms with Crippen molar-refractivity contribution in [2.75, 3.05) is 12.4 Å². The van der Waals surface area contributed by atoms with Gasteiger partial charge in [-0.15, -0.1) is 0 Å². The van der Waals surface area contributed by atoms with Gasteiger partial charge in [0.2, 0.25) is 0 Å². The summed E-state index contributed by atoms with van der Waals surface area (Å²) < 4.78 is 1.11. The standard InChI is InChI=1S/C11H16BrN/c1-11(2,3)8-5-6-9(12)10(7-8)13-4/h5-7,13H,1-4H3. The molecule has 13 heavy (non-hydrogen) atoms. The summed E-state index contributed by atoms with van der Waals surface area (Å²) in [7, 11) is 1.94. The molecule has 0 amide bonds. The van der Waals surface area contributed by atoms with E-state index in [-0.39, 0.29) is 5.41 Å². The summed E-state index contributed by atoms with van der Waals surface area (Å²) in [6, 6.07) is 6.43. The summed E-state index contributed by atoms with van der Waals surface area (Å²) in [5.41, 5.74) is 2.71. The van der Waals surface area contributed by atoms with E-state index in [2.05, 4.69) is 60.2 Å². The van der Waals surface area contributed by atoms with Crippen LogP contribution in [0.15, 0.2) is 22.7 Å². The molecule has 0 radical (unpaired) electrons. The average Bonchev–Trinajstić information content (AvgIpc) is 2.03. The van der Waals surface area contributed by atoms with Crippen molar-refractivity contribution in [3.8, 4) is 0 Å². The zero-order valence-electron chi connectivity index (χ0n) is 8.61. The van der Waals surface area contributed by atoms with Gasteiger partial charge >= 0.3 is 0 Å². The normalized spacial score (nSPS) is 11.5. The van der Waals surface area contributed by atoms with Gasteiger partial charge in [0, 0.05) is 17.2 Å². The lowest BCUT2D eigenvalue weighted by molar-refractivity contribution is 0.590. The summed E-state index contributed by atoms with van der Waals surface area (Å²) >= 11 is 3.49. The largest absolute Gasteiger partial charge is 0.387 e. The molecule has 0 spiro atoms. The topological polar surface area (TPSA) is 12.0 Å². The Morgan fingerprint density at radius 3 is 2.31 bits per heavy atom. The van der Waals surface area contributed by atoms with E-state index >= 15 is 0 Å². The number of rotatable bonds is 1. The van der Waals surface area contributed by atoms with Gasteiger partial charge in [-0.2, -0.15) is 0 Å². The third-order valence-corrected chi connectivity index (χ3v) is 2.79. The molecule has 0 aliphatic heterocycles. The molecule has 2 heteroatoms. The Balaban J connectivity index is 3.14. The van der Waals surface area contributed by atoms with Crippen molar-refractivity contribution in [2.45, 2.75) is 26.2 Å². The Bertz CT molecular complexity index is 299. The van der Waals surface area contributed by atoms with Crippen LogP contribution in [0.4, 0.5) is 5.69 Å². The second-order valence-corrected chi connectivity index (χ2v) is 5.05. The molecule has 0 bridgehead atoms. The average molecular weight is 242 g/mol. The van der Waals surface area contributed by atoms with Crippen LogP contribution in [0.3, 0.4) is 0 Å². The molecular weight excluding hydrogens is 226 g/mol. The molecule has 0 fully saturated rings. The van der Waals surface area contributed by atoms with Gasteiger partial charge in [0.25, 0.3) is 0 Å². The van der Waals surface area contributed by atoms with Crippen LogP contribution in [0.25, 0.3) is 0 Å². The highest BCUT2D eigenvalue weighted by Crippen LogP contribution is 2.29. The van der Waals surface area contributed by atoms with Crippen LogP contribution >= 0.6 is 15.9 Å². The third kappa shape index (κ3) is 2.47. The molecule has 0 saturated heterocycles. The molecular formula is C11H16BrN. The minimum absolute atomic E-state index is 0.215. The Hall–Kier alpha value is -0.500. The fraction of sp³-hybridized carbons (Fsp3) is 0.455. The summed E-state index contributed by atoms with van der Waals surface area (Å²) in [5.74, 6) is 0. The summed E-state index contributed by atoms with van der Waals surface area (Å²) in [4.78, 5) is 0. The minimum atomic E-state index is 0.215. The first-order chi connectivity index (χ1) is 5.95. The molecule has 0 heterocycles. The number of nitrogens with one attached hydrogen (secondary N) is 1. The second kappa shape index (κ2) is 3.70. The second-order valence-electron chi connectivity index (χ2n) is 4.19. The van der Waals surface area contributed by atoms with Gasteiger partial charge in [-0.3, -0.25) is 0 Å². The van der Waals surface area contributed by atoms with Crippen LogP contribution in [0.2, 0.25) is 0 Å². The maximum atomic E-state index is 3.49. The maximum Gasteiger partial charge on any atom is 0.0484 e. The molecule has 0 aliphatic carbocycles. The van der Waals surface area contributed by atoms with Crippen LogP contribution in [0.1, 0.15) is 26.3 Å². The zero-order chi connectivity index (χ0) is 10.1. The molecule has 0 aliphatic rings. The first kappa shape index (κ1) is 10.6. The van der Waals surface area contributed by atoms with Crippen molar-refractivity contribution < 1.29 is 0 Å². The van der Waals surface area contributed by atoms with E-state index in [4.69, 9.17) is 0 Å². The van der Waals surface area contributed by atoms with E-state index in [1.165, 1.54) is 5.56 Å². The van der Waals surface area contributed by atoms with Crippen LogP contribution in [0.5, 0.6) is 0 Å². The Morgan fingerprint density at radius 1 is 1.23 bits per heavy atom. The smallest absolute Gasteiger partial charge is 0.0484 e. The lowest BCUT2D eigenvalue weighted by atomic mass is 9.87. The highest BCUT2D eigenvalue weighted by atomic mass is 79.9. The van der Waals surface area contributed by atoms with E-state index in [1.807, 2.05) is 7.05 Å². The molecule has 1 nitrogen and oxygen atoms in total. The number of hydrogen-bond acceptors (Lipinski definition) is 1. The minimum Gasteiger partial charge on any atom is -0.387 e. The summed E-state index contributed by atoms with van der Waals surface area (Å²) in [6.45, 7) is 6.65. The molecule has 1 rings (SSSR count). The van der Waals surface area contributed by atoms with E-state index in [1.54, 1.807) is 0 Å². The Labute approximate surface area is 88.7 Å². The van der Waals surface area contributed by atoms with Crippen molar-refractivity contribution in [1.29, 1.82) is 0 Å². The molecule has 0 saturated carbocycles. The molecule has 72 valence electrons. The van der Waals surface area contributed by atoms with Gasteiger partial charge in [-0.1, -0.05) is 26.8 Å². The van der Waals surface area contributed by atoms with Gasteiger partial charge in [-0.05, 0) is 39.0 Å². The van der Waals surface area contributed by atoms with Crippen LogP contribution in [-0.4, -0.2) is 7.05 Å². The quantitative estimate of drug-likeness (QED) is 0.790. The van der Waals surface area contributed by atoms with E-state index < -0.39 is 0 Å². The van der Waals surface area contributed by atoms with E-state index in [0.717, 1.165) is 10.2 Å². The molecule has 0 atom stereocenters. The van der Waals surface area contributed by atoms with Crippen LogP contribution in [0, 0.1) is 0 Å². The Morgan fingerprint density at radius 2 is 1.85 bits per heavy atom. The van der Waals surface area contributed by atoms with E-state index in [9.17, 15) is 0 Å². The summed E-state index contributed by atoms with van der Waals surface area (Å²) in [6.07, 6.45) is 0. The van der Waals surface area contributed by atoms with Gasteiger partial charge in [0.1, 0.15) is 0 Å². The lowest BCUT2D eigenvalue weighted by Crippen LogP contribution is -2.11. The first-order valence-electron chi connectivity index (χ1n) is 4.43. The maximum absolute atomic E-state index is 3.49. The van der Waals surface area contributed by atoms with Crippen LogP contribution in [-0.2, 0) is 5.41 Å². The Kier molecular flexibility index (Phi) is 3.01. The number of benzene rings is 1. The summed E-state index contributed by atoms with van der Waals surface area (Å²) in [5, 5.41) is 3.16. The fourth-order valence-electron chi connectivity index (χ4n) is 1.18. The predicted octanol–water partition coefficient (Wildman–Crippen LogP) is 3.79. The molecule has 0 aromatic heterocycles. The van der Waals surface area contributed by atoms with Crippen molar-refractivity contribution in [3.05, 3.63) is 28.2 Å². The van der Waals surface area contributed by atoms with Crippen molar-refractivity contribution >= 4 is 21.6 Å². The van der Waals surface area contributed by atoms with Gasteiger partial charge in [0.05, 0.1) is 0 Å². The molecule has 1 aromatic carbocycles. The predicted molar refractivity (Wildman–Crippen MR) is 62.4 cm³/mol. The van der Waals surface area contributed by atoms with Gasteiger partial charge in [0.15, 0.2) is 0 Å². The highest BCUT2D eigenvalue weighted by Gasteiger charge is 2.14. The first-order valence-corrected chi connectivity index (χ1v) is 5.22. The van der Waals surface area contributed by atoms with Gasteiger partial charge < -0.3 is 5.32 Å². The molecule has 1 aromatic rings. The third-order valence-electron chi connectivity index (χ3n) is 2.10. The van der Waals surface area contributed by atoms with Crippen molar-refractivity contribution in [2.24, 2.45) is 0 Å². The van der Waals surface area contributed by atoms with E-state index in [0.29, 0.717) is 0 Å². The van der Waals surface area contributed by atoms with Crippen molar-refractivity contribution in [1.82, 2.24) is 0 Å². The monoisotopic (exact) mass is 241 g/mol. The number of hydrogen-bond donors (Lipinski definition) is 1. The molecule has 1 N–H and O–H groups in total. The highest BCUT2D eigenvalue weighted by molar-refractivity contribution is 9.10.